The molecule has 0 saturated heterocycles. The lowest BCUT2D eigenvalue weighted by Gasteiger charge is -2.22. The van der Waals surface area contributed by atoms with Gasteiger partial charge in [-0.1, -0.05) is 18.2 Å². The van der Waals surface area contributed by atoms with Crippen LogP contribution in [0.2, 0.25) is 0 Å². The standard InChI is InChI=1S/C11H15NO3/c1-11(2,10(13)14)15-9-6-4-3-5-8(9)7-12/h3-6H,7,12H2,1-2H3,(H,13,14). The normalized spacial score (nSPS) is 11.1. The number of carboxylic acid groups (broad SMARTS) is 1. The molecule has 0 unspecified atom stereocenters. The molecule has 0 amide bonds. The summed E-state index contributed by atoms with van der Waals surface area (Å²) in [6.07, 6.45) is 0. The van der Waals surface area contributed by atoms with E-state index in [0.717, 1.165) is 5.56 Å². The minimum atomic E-state index is -1.24. The third kappa shape index (κ3) is 2.70. The van der Waals surface area contributed by atoms with E-state index in [1.165, 1.54) is 13.8 Å². The van der Waals surface area contributed by atoms with Crippen LogP contribution in [0.15, 0.2) is 24.3 Å². The molecule has 15 heavy (non-hydrogen) atoms. The first kappa shape index (κ1) is 11.5. The molecule has 0 saturated carbocycles. The molecule has 0 aliphatic heterocycles. The Morgan fingerprint density at radius 3 is 2.60 bits per heavy atom. The molecule has 0 heterocycles. The van der Waals surface area contributed by atoms with Crippen LogP contribution >= 0.6 is 0 Å². The van der Waals surface area contributed by atoms with Crippen molar-refractivity contribution in [3.05, 3.63) is 29.8 Å². The van der Waals surface area contributed by atoms with Crippen molar-refractivity contribution in [1.29, 1.82) is 0 Å². The zero-order valence-electron chi connectivity index (χ0n) is 8.86. The zero-order valence-corrected chi connectivity index (χ0v) is 8.86. The van der Waals surface area contributed by atoms with Gasteiger partial charge in [0.1, 0.15) is 5.75 Å². The predicted octanol–water partition coefficient (Wildman–Crippen LogP) is 1.39. The molecule has 4 nitrogen and oxygen atoms in total. The number of carbonyl (C=O) groups is 1. The first-order valence-corrected chi connectivity index (χ1v) is 4.68. The summed E-state index contributed by atoms with van der Waals surface area (Å²) in [6.45, 7) is 3.33. The van der Waals surface area contributed by atoms with Crippen LogP contribution in [0.3, 0.4) is 0 Å². The second-order valence-electron chi connectivity index (χ2n) is 3.73. The smallest absolute Gasteiger partial charge is 0.347 e. The molecule has 1 rings (SSSR count). The van der Waals surface area contributed by atoms with Crippen LogP contribution in [0.25, 0.3) is 0 Å². The lowest BCUT2D eigenvalue weighted by molar-refractivity contribution is -0.152. The van der Waals surface area contributed by atoms with Crippen molar-refractivity contribution < 1.29 is 14.6 Å². The highest BCUT2D eigenvalue weighted by molar-refractivity contribution is 5.76. The molecular weight excluding hydrogens is 194 g/mol. The van der Waals surface area contributed by atoms with Crippen molar-refractivity contribution in [2.75, 3.05) is 0 Å². The van der Waals surface area contributed by atoms with Crippen LogP contribution in [-0.4, -0.2) is 16.7 Å². The molecule has 0 fully saturated rings. The third-order valence-electron chi connectivity index (χ3n) is 2.07. The van der Waals surface area contributed by atoms with Crippen LogP contribution in [0, 0.1) is 0 Å². The minimum absolute atomic E-state index is 0.325. The van der Waals surface area contributed by atoms with E-state index in [1.807, 2.05) is 12.1 Å². The number of carboxylic acids is 1. The van der Waals surface area contributed by atoms with Crippen molar-refractivity contribution in [2.45, 2.75) is 26.0 Å². The Kier molecular flexibility index (Phi) is 3.31. The van der Waals surface area contributed by atoms with Gasteiger partial charge in [-0.2, -0.15) is 0 Å². The predicted molar refractivity (Wildman–Crippen MR) is 56.7 cm³/mol. The molecule has 82 valence electrons. The van der Waals surface area contributed by atoms with Gasteiger partial charge in [0.05, 0.1) is 0 Å². The first-order valence-electron chi connectivity index (χ1n) is 4.68. The maximum atomic E-state index is 10.9. The molecule has 0 radical (unpaired) electrons. The lowest BCUT2D eigenvalue weighted by atomic mass is 10.1. The van der Waals surface area contributed by atoms with Gasteiger partial charge in [0.25, 0.3) is 0 Å². The fourth-order valence-electron chi connectivity index (χ4n) is 1.09. The van der Waals surface area contributed by atoms with Crippen LogP contribution in [-0.2, 0) is 11.3 Å². The molecule has 0 atom stereocenters. The number of hydrogen-bond donors (Lipinski definition) is 2. The van der Waals surface area contributed by atoms with Gasteiger partial charge in [-0.05, 0) is 19.9 Å². The first-order chi connectivity index (χ1) is 6.97. The van der Waals surface area contributed by atoms with E-state index in [1.54, 1.807) is 12.1 Å². The van der Waals surface area contributed by atoms with Gasteiger partial charge in [0.15, 0.2) is 5.60 Å². The number of ether oxygens (including phenoxy) is 1. The maximum absolute atomic E-state index is 10.9. The summed E-state index contributed by atoms with van der Waals surface area (Å²) in [6, 6.07) is 7.15. The lowest BCUT2D eigenvalue weighted by Crippen LogP contribution is -2.38. The summed E-state index contributed by atoms with van der Waals surface area (Å²) in [5, 5.41) is 8.91. The Morgan fingerprint density at radius 2 is 2.07 bits per heavy atom. The second kappa shape index (κ2) is 4.31. The van der Waals surface area contributed by atoms with Gasteiger partial charge in [-0.25, -0.2) is 4.79 Å². The minimum Gasteiger partial charge on any atom is -0.478 e. The van der Waals surface area contributed by atoms with E-state index < -0.39 is 11.6 Å². The van der Waals surface area contributed by atoms with Crippen LogP contribution < -0.4 is 10.5 Å². The Morgan fingerprint density at radius 1 is 1.47 bits per heavy atom. The van der Waals surface area contributed by atoms with Gasteiger partial charge >= 0.3 is 5.97 Å². The fourth-order valence-corrected chi connectivity index (χ4v) is 1.09. The monoisotopic (exact) mass is 209 g/mol. The van der Waals surface area contributed by atoms with E-state index in [9.17, 15) is 4.79 Å². The Hall–Kier alpha value is -1.55. The number of para-hydroxylation sites is 1. The summed E-state index contributed by atoms with van der Waals surface area (Å²) < 4.78 is 5.41. The zero-order chi connectivity index (χ0) is 11.5. The topological polar surface area (TPSA) is 72.5 Å². The molecular formula is C11H15NO3. The fraction of sp³-hybridized carbons (Fsp3) is 0.364. The van der Waals surface area contributed by atoms with Crippen molar-refractivity contribution in [2.24, 2.45) is 5.73 Å². The summed E-state index contributed by atoms with van der Waals surface area (Å²) in [7, 11) is 0. The molecule has 0 spiro atoms. The van der Waals surface area contributed by atoms with Crippen LogP contribution in [0.5, 0.6) is 5.75 Å². The summed E-state index contributed by atoms with van der Waals surface area (Å²) >= 11 is 0. The van der Waals surface area contributed by atoms with Crippen molar-refractivity contribution in [1.82, 2.24) is 0 Å². The average molecular weight is 209 g/mol. The molecule has 4 heteroatoms. The average Bonchev–Trinajstić information content (AvgIpc) is 2.18. The number of nitrogens with two attached hydrogens (primary N) is 1. The van der Waals surface area contributed by atoms with Crippen molar-refractivity contribution >= 4 is 5.97 Å². The molecule has 3 N–H and O–H groups in total. The Labute approximate surface area is 88.7 Å². The summed E-state index contributed by atoms with van der Waals surface area (Å²) in [5.41, 5.74) is 5.07. The summed E-state index contributed by atoms with van der Waals surface area (Å²) in [4.78, 5) is 10.9. The number of rotatable bonds is 4. The molecule has 0 aliphatic rings. The largest absolute Gasteiger partial charge is 0.478 e. The number of aliphatic carboxylic acids is 1. The second-order valence-corrected chi connectivity index (χ2v) is 3.73. The van der Waals surface area contributed by atoms with Crippen molar-refractivity contribution in [3.8, 4) is 5.75 Å². The van der Waals surface area contributed by atoms with E-state index in [4.69, 9.17) is 15.6 Å². The number of hydrogen-bond acceptors (Lipinski definition) is 3. The van der Waals surface area contributed by atoms with Crippen LogP contribution in [0.4, 0.5) is 0 Å². The van der Waals surface area contributed by atoms with E-state index >= 15 is 0 Å². The van der Waals surface area contributed by atoms with E-state index in [2.05, 4.69) is 0 Å². The highest BCUT2D eigenvalue weighted by atomic mass is 16.5. The number of benzene rings is 1. The van der Waals surface area contributed by atoms with E-state index in [0.29, 0.717) is 12.3 Å². The SMILES string of the molecule is CC(C)(Oc1ccccc1CN)C(=O)O. The molecule has 1 aromatic carbocycles. The van der Waals surface area contributed by atoms with Gasteiger partial charge < -0.3 is 15.6 Å². The van der Waals surface area contributed by atoms with Gasteiger partial charge in [-0.15, -0.1) is 0 Å². The quantitative estimate of drug-likeness (QED) is 0.785. The van der Waals surface area contributed by atoms with Gasteiger partial charge in [0, 0.05) is 12.1 Å². The van der Waals surface area contributed by atoms with Crippen molar-refractivity contribution in [3.63, 3.8) is 0 Å². The maximum Gasteiger partial charge on any atom is 0.347 e. The highest BCUT2D eigenvalue weighted by Crippen LogP contribution is 2.22. The molecule has 0 aliphatic carbocycles. The molecule has 1 aromatic rings. The van der Waals surface area contributed by atoms with E-state index in [-0.39, 0.29) is 0 Å². The molecule has 0 aromatic heterocycles. The Balaban J connectivity index is 2.94. The third-order valence-corrected chi connectivity index (χ3v) is 2.07. The van der Waals surface area contributed by atoms with Gasteiger partial charge in [0.2, 0.25) is 0 Å². The Bertz CT molecular complexity index is 361. The van der Waals surface area contributed by atoms with Gasteiger partial charge in [-0.3, -0.25) is 0 Å². The molecule has 0 bridgehead atoms. The van der Waals surface area contributed by atoms with Crippen LogP contribution in [0.1, 0.15) is 19.4 Å². The summed E-state index contributed by atoms with van der Waals surface area (Å²) in [5.74, 6) is -0.485. The highest BCUT2D eigenvalue weighted by Gasteiger charge is 2.29.